The lowest BCUT2D eigenvalue weighted by Gasteiger charge is -2.13. The molecule has 1 atom stereocenters. The van der Waals surface area contributed by atoms with Gasteiger partial charge in [-0.2, -0.15) is 0 Å². The van der Waals surface area contributed by atoms with Gasteiger partial charge < -0.3 is 14.9 Å². The Labute approximate surface area is 234 Å². The van der Waals surface area contributed by atoms with Crippen LogP contribution in [-0.2, 0) is 21.0 Å². The number of amides is 1. The van der Waals surface area contributed by atoms with Crippen LogP contribution in [-0.4, -0.2) is 39.4 Å². The van der Waals surface area contributed by atoms with E-state index in [1.54, 1.807) is 11.3 Å². The molecule has 198 valence electrons. The molecule has 4 heterocycles. The molecule has 0 aliphatic carbocycles. The van der Waals surface area contributed by atoms with Crippen molar-refractivity contribution < 1.29 is 14.4 Å². The molecule has 2 aromatic carbocycles. The maximum absolute atomic E-state index is 13.4. The molecule has 2 aliphatic heterocycles. The highest BCUT2D eigenvalue weighted by atomic mass is 35.5. The Kier molecular flexibility index (Phi) is 6.44. The Morgan fingerprint density at radius 2 is 2.00 bits per heavy atom. The van der Waals surface area contributed by atoms with Crippen LogP contribution in [0.1, 0.15) is 56.8 Å². The Bertz CT molecular complexity index is 1670. The van der Waals surface area contributed by atoms with Gasteiger partial charge in [-0.3, -0.25) is 14.4 Å². The summed E-state index contributed by atoms with van der Waals surface area (Å²) in [5, 5.41) is 17.4. The number of fused-ring (bicyclic) bond motifs is 4. The fourth-order valence-corrected chi connectivity index (χ4v) is 6.24. The minimum Gasteiger partial charge on any atom is -0.470 e. The van der Waals surface area contributed by atoms with E-state index in [1.165, 1.54) is 12.0 Å². The van der Waals surface area contributed by atoms with Crippen molar-refractivity contribution in [1.29, 1.82) is 0 Å². The first-order valence-electron chi connectivity index (χ1n) is 12.4. The molecule has 9 nitrogen and oxygen atoms in total. The molecule has 0 unspecified atom stereocenters. The number of hydrogen-bond donors (Lipinski definition) is 1. The average Bonchev–Trinajstić information content (AvgIpc) is 3.55. The van der Waals surface area contributed by atoms with E-state index in [9.17, 15) is 4.79 Å². The zero-order chi connectivity index (χ0) is 27.3. The smallest absolute Gasteiger partial charge is 0.258 e. The average molecular weight is 561 g/mol. The Morgan fingerprint density at radius 1 is 1.21 bits per heavy atom. The number of aryl methyl sites for hydroxylation is 2. The number of anilines is 1. The highest BCUT2D eigenvalue weighted by molar-refractivity contribution is 7.15. The number of carbonyl (C=O) groups is 1. The van der Waals surface area contributed by atoms with E-state index in [2.05, 4.69) is 34.5 Å². The molecule has 0 fully saturated rings. The first-order valence-corrected chi connectivity index (χ1v) is 13.6. The molecule has 0 saturated carbocycles. The molecule has 4 aromatic rings. The van der Waals surface area contributed by atoms with Crippen LogP contribution in [0.4, 0.5) is 5.69 Å². The van der Waals surface area contributed by atoms with Crippen LogP contribution in [0, 0.1) is 20.8 Å². The number of nitrogens with one attached hydrogen (secondary N) is 1. The molecule has 39 heavy (non-hydrogen) atoms. The monoisotopic (exact) mass is 560 g/mol. The van der Waals surface area contributed by atoms with Gasteiger partial charge in [-0.15, -0.1) is 21.5 Å². The number of ether oxygens (including phenoxy) is 1. The van der Waals surface area contributed by atoms with Gasteiger partial charge in [0.1, 0.15) is 30.6 Å². The molecule has 1 amide bonds. The molecule has 6 rings (SSSR count). The second-order valence-electron chi connectivity index (χ2n) is 9.40. The third-order valence-corrected chi connectivity index (χ3v) is 8.34. The van der Waals surface area contributed by atoms with Crippen LogP contribution in [0.15, 0.2) is 52.6 Å². The van der Waals surface area contributed by atoms with Gasteiger partial charge in [0.05, 0.1) is 12.1 Å². The van der Waals surface area contributed by atoms with Crippen LogP contribution >= 0.6 is 22.9 Å². The van der Waals surface area contributed by atoms with Crippen LogP contribution in [0.5, 0.6) is 0 Å². The number of benzene rings is 2. The van der Waals surface area contributed by atoms with Crippen molar-refractivity contribution in [1.82, 2.24) is 14.8 Å². The van der Waals surface area contributed by atoms with Gasteiger partial charge in [-0.1, -0.05) is 23.7 Å². The highest BCUT2D eigenvalue weighted by Gasteiger charge is 2.32. The highest BCUT2D eigenvalue weighted by Crippen LogP contribution is 2.39. The summed E-state index contributed by atoms with van der Waals surface area (Å²) in [7, 11) is 1.47. The van der Waals surface area contributed by atoms with E-state index in [0.29, 0.717) is 29.0 Å². The lowest BCUT2D eigenvalue weighted by molar-refractivity contribution is -0.116. The predicted octanol–water partition coefficient (Wildman–Crippen LogP) is 5.67. The number of aliphatic imine (C=N–C) groups is 1. The first kappa shape index (κ1) is 25.3. The van der Waals surface area contributed by atoms with E-state index in [4.69, 9.17) is 26.2 Å². The molecular formula is C28H25ClN6O3S. The quantitative estimate of drug-likeness (QED) is 0.317. The van der Waals surface area contributed by atoms with E-state index in [-0.39, 0.29) is 12.3 Å². The van der Waals surface area contributed by atoms with E-state index in [1.807, 2.05) is 54.0 Å². The maximum atomic E-state index is 13.4. The third-order valence-electron chi connectivity index (χ3n) is 6.89. The van der Waals surface area contributed by atoms with Gasteiger partial charge in [-0.25, -0.2) is 0 Å². The number of rotatable bonds is 5. The normalized spacial score (nSPS) is 16.6. The van der Waals surface area contributed by atoms with Crippen LogP contribution in [0.3, 0.4) is 0 Å². The summed E-state index contributed by atoms with van der Waals surface area (Å²) in [5.41, 5.74) is 6.34. The maximum Gasteiger partial charge on any atom is 0.258 e. The largest absolute Gasteiger partial charge is 0.470 e. The number of oxime groups is 1. The van der Waals surface area contributed by atoms with Crippen LogP contribution in [0.25, 0.3) is 5.00 Å². The minimum absolute atomic E-state index is 0.0894. The number of thiophene rings is 1. The number of hydrogen-bond acceptors (Lipinski definition) is 8. The van der Waals surface area contributed by atoms with Crippen LogP contribution in [0.2, 0.25) is 5.02 Å². The minimum atomic E-state index is -0.547. The van der Waals surface area contributed by atoms with Crippen molar-refractivity contribution in [2.75, 3.05) is 12.4 Å². The van der Waals surface area contributed by atoms with Gasteiger partial charge in [0, 0.05) is 37.8 Å². The molecule has 0 spiro atoms. The predicted molar refractivity (Wildman–Crippen MR) is 151 cm³/mol. The lowest BCUT2D eigenvalue weighted by Crippen LogP contribution is -2.17. The number of nitrogens with zero attached hydrogens (tertiary/aromatic N) is 5. The van der Waals surface area contributed by atoms with Crippen molar-refractivity contribution in [2.24, 2.45) is 10.1 Å². The molecule has 2 aromatic heterocycles. The number of aromatic nitrogens is 3. The first-order chi connectivity index (χ1) is 18.8. The summed E-state index contributed by atoms with van der Waals surface area (Å²) in [4.78, 5) is 24.6. The van der Waals surface area contributed by atoms with Gasteiger partial charge in [0.2, 0.25) is 5.91 Å². The Balaban J connectivity index is 1.37. The molecule has 11 heteroatoms. The summed E-state index contributed by atoms with van der Waals surface area (Å²) < 4.78 is 7.61. The molecule has 0 saturated heterocycles. The SMILES string of the molecule is CO/N=C1/OCc2cc(NC(=O)C[C@@H]3N=C(c4ccc(Cl)cc4)c4c(sc(C)c4C)-n4c(C)nnc43)ccc21. The fourth-order valence-electron chi connectivity index (χ4n) is 4.90. The van der Waals surface area contributed by atoms with Gasteiger partial charge in [-0.05, 0) is 61.8 Å². The lowest BCUT2D eigenvalue weighted by atomic mass is 9.99. The van der Waals surface area contributed by atoms with Crippen molar-refractivity contribution >= 4 is 46.1 Å². The fraction of sp³-hybridized carbons (Fsp3) is 0.250. The Hall–Kier alpha value is -4.02. The van der Waals surface area contributed by atoms with Gasteiger partial charge >= 0.3 is 0 Å². The second kappa shape index (κ2) is 9.94. The van der Waals surface area contributed by atoms with Gasteiger partial charge in [0.15, 0.2) is 5.82 Å². The van der Waals surface area contributed by atoms with Crippen molar-refractivity contribution in [3.8, 4) is 5.00 Å². The topological polar surface area (TPSA) is 103 Å². The van der Waals surface area contributed by atoms with Crippen molar-refractivity contribution in [2.45, 2.75) is 39.8 Å². The molecular weight excluding hydrogens is 536 g/mol. The second-order valence-corrected chi connectivity index (χ2v) is 11.0. The Morgan fingerprint density at radius 3 is 2.77 bits per heavy atom. The van der Waals surface area contributed by atoms with Crippen molar-refractivity contribution in [3.05, 3.63) is 91.8 Å². The van der Waals surface area contributed by atoms with E-state index in [0.717, 1.165) is 44.4 Å². The van der Waals surface area contributed by atoms with Crippen LogP contribution < -0.4 is 5.32 Å². The zero-order valence-electron chi connectivity index (χ0n) is 21.8. The summed E-state index contributed by atoms with van der Waals surface area (Å²) in [6, 6.07) is 12.6. The molecule has 0 bridgehead atoms. The zero-order valence-corrected chi connectivity index (χ0v) is 23.4. The summed E-state index contributed by atoms with van der Waals surface area (Å²) >= 11 is 7.87. The number of halogens is 1. The molecule has 1 N–H and O–H groups in total. The van der Waals surface area contributed by atoms with E-state index < -0.39 is 6.04 Å². The summed E-state index contributed by atoms with van der Waals surface area (Å²) in [5.74, 6) is 1.63. The van der Waals surface area contributed by atoms with Crippen molar-refractivity contribution in [3.63, 3.8) is 0 Å². The number of carbonyl (C=O) groups excluding carboxylic acids is 1. The third kappa shape index (κ3) is 4.49. The van der Waals surface area contributed by atoms with Gasteiger partial charge in [0.25, 0.3) is 5.90 Å². The summed E-state index contributed by atoms with van der Waals surface area (Å²) in [6.45, 7) is 6.48. The molecule has 2 aliphatic rings. The summed E-state index contributed by atoms with van der Waals surface area (Å²) in [6.07, 6.45) is 0.0894. The molecule has 0 radical (unpaired) electrons. The standard InChI is InChI=1S/C28H25ClN6O3S/c1-14-15(2)39-28-24(14)25(17-5-7-19(29)8-6-17)31-22(26-33-32-16(3)35(26)28)12-23(36)30-20-9-10-21-18(11-20)13-38-27(21)34-37-4/h5-11,22H,12-13H2,1-4H3,(H,30,36)/b34-27+/t22-/m0/s1. The van der Waals surface area contributed by atoms with E-state index >= 15 is 0 Å².